The Morgan fingerprint density at radius 3 is 2.44 bits per heavy atom. The van der Waals surface area contributed by atoms with Crippen molar-refractivity contribution in [2.45, 2.75) is 76.9 Å². The van der Waals surface area contributed by atoms with E-state index < -0.39 is 6.04 Å². The number of rotatable bonds is 10. The van der Waals surface area contributed by atoms with Crippen LogP contribution in [0, 0.1) is 0 Å². The molecule has 0 saturated heterocycles. The van der Waals surface area contributed by atoms with Crippen LogP contribution in [0.15, 0.2) is 54.6 Å². The fourth-order valence-corrected chi connectivity index (χ4v) is 4.47. The minimum Gasteiger partial charge on any atom is -0.497 e. The van der Waals surface area contributed by atoms with Gasteiger partial charge in [0.1, 0.15) is 11.8 Å². The number of hydrogen-bond acceptors (Lipinski definition) is 3. The van der Waals surface area contributed by atoms with E-state index in [1.54, 1.807) is 12.0 Å². The molecule has 1 saturated carbocycles. The van der Waals surface area contributed by atoms with Crippen LogP contribution < -0.4 is 10.1 Å². The largest absolute Gasteiger partial charge is 0.497 e. The maximum Gasteiger partial charge on any atom is 0.243 e. The second-order valence-electron chi connectivity index (χ2n) is 8.63. The Morgan fingerprint density at radius 2 is 1.75 bits per heavy atom. The molecule has 0 unspecified atom stereocenters. The molecule has 1 aliphatic carbocycles. The maximum absolute atomic E-state index is 13.4. The van der Waals surface area contributed by atoms with Gasteiger partial charge in [-0.15, -0.1) is 0 Å². The van der Waals surface area contributed by atoms with Gasteiger partial charge >= 0.3 is 0 Å². The highest BCUT2D eigenvalue weighted by Gasteiger charge is 2.30. The summed E-state index contributed by atoms with van der Waals surface area (Å²) in [7, 11) is 1.63. The lowest BCUT2D eigenvalue weighted by atomic mass is 9.95. The SMILES string of the molecule is CC[C@H](C(=O)NC1CCCCC1)N(Cc1cccc(OC)c1)C(=O)CCc1ccccc1. The second-order valence-corrected chi connectivity index (χ2v) is 8.63. The molecule has 5 nitrogen and oxygen atoms in total. The van der Waals surface area contributed by atoms with Crippen LogP contribution in [0.25, 0.3) is 0 Å². The highest BCUT2D eigenvalue weighted by molar-refractivity contribution is 5.88. The van der Waals surface area contributed by atoms with Crippen LogP contribution in [0.5, 0.6) is 5.75 Å². The van der Waals surface area contributed by atoms with Crippen LogP contribution in [-0.4, -0.2) is 35.9 Å². The molecule has 2 amide bonds. The molecule has 172 valence electrons. The normalized spacial score (nSPS) is 15.1. The van der Waals surface area contributed by atoms with Crippen molar-refractivity contribution in [1.29, 1.82) is 0 Å². The molecule has 2 aromatic rings. The van der Waals surface area contributed by atoms with Gasteiger partial charge in [-0.1, -0.05) is 68.7 Å². The molecule has 0 aliphatic heterocycles. The number of hydrogen-bond donors (Lipinski definition) is 1. The van der Waals surface area contributed by atoms with Gasteiger partial charge in [0, 0.05) is 19.0 Å². The highest BCUT2D eigenvalue weighted by Crippen LogP contribution is 2.21. The van der Waals surface area contributed by atoms with Crippen molar-refractivity contribution in [1.82, 2.24) is 10.2 Å². The number of benzene rings is 2. The first-order chi connectivity index (χ1) is 15.6. The smallest absolute Gasteiger partial charge is 0.243 e. The van der Waals surface area contributed by atoms with Crippen molar-refractivity contribution in [3.05, 3.63) is 65.7 Å². The zero-order chi connectivity index (χ0) is 22.8. The van der Waals surface area contributed by atoms with E-state index in [-0.39, 0.29) is 17.9 Å². The fraction of sp³-hybridized carbons (Fsp3) is 0.481. The minimum atomic E-state index is -0.480. The zero-order valence-electron chi connectivity index (χ0n) is 19.4. The number of ether oxygens (including phenoxy) is 1. The summed E-state index contributed by atoms with van der Waals surface area (Å²) in [5.41, 5.74) is 2.09. The van der Waals surface area contributed by atoms with E-state index in [2.05, 4.69) is 5.32 Å². The summed E-state index contributed by atoms with van der Waals surface area (Å²) in [6, 6.07) is 17.5. The van der Waals surface area contributed by atoms with E-state index in [0.29, 0.717) is 25.8 Å². The van der Waals surface area contributed by atoms with Gasteiger partial charge in [-0.2, -0.15) is 0 Å². The molecule has 0 bridgehead atoms. The number of carbonyl (C=O) groups excluding carboxylic acids is 2. The fourth-order valence-electron chi connectivity index (χ4n) is 4.47. The average Bonchev–Trinajstić information content (AvgIpc) is 2.83. The third-order valence-electron chi connectivity index (χ3n) is 6.29. The standard InChI is InChI=1S/C27H36N2O3/c1-3-25(27(31)28-23-14-8-5-9-15-23)29(20-22-13-10-16-24(19-22)32-2)26(30)18-17-21-11-6-4-7-12-21/h4,6-7,10-13,16,19,23,25H,3,5,8-9,14-15,17-18,20H2,1-2H3,(H,28,31)/t25-/m1/s1. The van der Waals surface area contributed by atoms with Crippen molar-refractivity contribution in [2.24, 2.45) is 0 Å². The van der Waals surface area contributed by atoms with Crippen LogP contribution in [0.2, 0.25) is 0 Å². The van der Waals surface area contributed by atoms with Crippen molar-refractivity contribution in [3.8, 4) is 5.75 Å². The van der Waals surface area contributed by atoms with Crippen LogP contribution in [0.1, 0.15) is 63.0 Å². The number of nitrogens with one attached hydrogen (secondary N) is 1. The summed E-state index contributed by atoms with van der Waals surface area (Å²) in [4.78, 5) is 28.4. The molecule has 1 fully saturated rings. The number of methoxy groups -OCH3 is 1. The number of nitrogens with zero attached hydrogens (tertiary/aromatic N) is 1. The molecule has 2 aromatic carbocycles. The summed E-state index contributed by atoms with van der Waals surface area (Å²) in [6.07, 6.45) is 7.23. The minimum absolute atomic E-state index is 0.00215. The average molecular weight is 437 g/mol. The monoisotopic (exact) mass is 436 g/mol. The molecule has 1 N–H and O–H groups in total. The summed E-state index contributed by atoms with van der Waals surface area (Å²) in [6.45, 7) is 2.37. The molecule has 0 heterocycles. The Morgan fingerprint density at radius 1 is 1.03 bits per heavy atom. The Bertz CT molecular complexity index is 862. The predicted molar refractivity (Wildman–Crippen MR) is 127 cm³/mol. The Balaban J connectivity index is 1.76. The number of carbonyl (C=O) groups is 2. The molecular weight excluding hydrogens is 400 g/mol. The van der Waals surface area contributed by atoms with Gasteiger partial charge in [0.15, 0.2) is 0 Å². The summed E-state index contributed by atoms with van der Waals surface area (Å²) < 4.78 is 5.35. The van der Waals surface area contributed by atoms with E-state index >= 15 is 0 Å². The molecule has 0 radical (unpaired) electrons. The van der Waals surface area contributed by atoms with Gasteiger partial charge in [-0.05, 0) is 48.9 Å². The van der Waals surface area contributed by atoms with Crippen LogP contribution in [-0.2, 0) is 22.6 Å². The molecular formula is C27H36N2O3. The summed E-state index contributed by atoms with van der Waals surface area (Å²) in [5.74, 6) is 0.719. The van der Waals surface area contributed by atoms with E-state index in [1.165, 1.54) is 6.42 Å². The molecule has 3 rings (SSSR count). The lowest BCUT2D eigenvalue weighted by Crippen LogP contribution is -2.51. The third-order valence-corrected chi connectivity index (χ3v) is 6.29. The molecule has 0 spiro atoms. The predicted octanol–water partition coefficient (Wildman–Crippen LogP) is 4.88. The van der Waals surface area contributed by atoms with E-state index in [4.69, 9.17) is 4.74 Å². The van der Waals surface area contributed by atoms with Crippen LogP contribution in [0.4, 0.5) is 0 Å². The van der Waals surface area contributed by atoms with Crippen molar-refractivity contribution in [3.63, 3.8) is 0 Å². The van der Waals surface area contributed by atoms with Crippen molar-refractivity contribution in [2.75, 3.05) is 7.11 Å². The van der Waals surface area contributed by atoms with E-state index in [0.717, 1.165) is 42.6 Å². The first kappa shape index (κ1) is 23.8. The Kier molecular flexibility index (Phi) is 9.14. The summed E-state index contributed by atoms with van der Waals surface area (Å²) in [5, 5.41) is 3.23. The molecule has 5 heteroatoms. The van der Waals surface area contributed by atoms with E-state index in [9.17, 15) is 9.59 Å². The Hall–Kier alpha value is -2.82. The van der Waals surface area contributed by atoms with Gasteiger partial charge in [0.2, 0.25) is 11.8 Å². The highest BCUT2D eigenvalue weighted by atomic mass is 16.5. The van der Waals surface area contributed by atoms with Crippen LogP contribution >= 0.6 is 0 Å². The quantitative estimate of drug-likeness (QED) is 0.577. The molecule has 1 atom stereocenters. The van der Waals surface area contributed by atoms with E-state index in [1.807, 2.05) is 61.5 Å². The van der Waals surface area contributed by atoms with Gasteiger partial charge in [0.25, 0.3) is 0 Å². The molecule has 0 aromatic heterocycles. The Labute approximate surface area is 192 Å². The first-order valence-electron chi connectivity index (χ1n) is 11.9. The zero-order valence-corrected chi connectivity index (χ0v) is 19.4. The van der Waals surface area contributed by atoms with Gasteiger partial charge < -0.3 is 15.0 Å². The molecule has 1 aliphatic rings. The van der Waals surface area contributed by atoms with Crippen molar-refractivity contribution >= 4 is 11.8 Å². The number of amides is 2. The lowest BCUT2D eigenvalue weighted by Gasteiger charge is -2.33. The van der Waals surface area contributed by atoms with Crippen molar-refractivity contribution < 1.29 is 14.3 Å². The maximum atomic E-state index is 13.4. The lowest BCUT2D eigenvalue weighted by molar-refractivity contribution is -0.141. The third kappa shape index (κ3) is 6.84. The second kappa shape index (κ2) is 12.3. The van der Waals surface area contributed by atoms with Gasteiger partial charge in [-0.25, -0.2) is 0 Å². The summed E-state index contributed by atoms with van der Waals surface area (Å²) >= 11 is 0. The van der Waals surface area contributed by atoms with Crippen LogP contribution in [0.3, 0.4) is 0 Å². The number of aryl methyl sites for hydroxylation is 1. The molecule has 32 heavy (non-hydrogen) atoms. The van der Waals surface area contributed by atoms with Gasteiger partial charge in [-0.3, -0.25) is 9.59 Å². The first-order valence-corrected chi connectivity index (χ1v) is 11.9. The van der Waals surface area contributed by atoms with Gasteiger partial charge in [0.05, 0.1) is 7.11 Å². The topological polar surface area (TPSA) is 58.6 Å².